The smallest absolute Gasteiger partial charge is 0.238 e. The summed E-state index contributed by atoms with van der Waals surface area (Å²) < 4.78 is 12.5. The number of hydrogen-bond donors (Lipinski definition) is 1. The highest BCUT2D eigenvalue weighted by atomic mass is 35.5. The van der Waals surface area contributed by atoms with E-state index in [1.54, 1.807) is 43.4 Å². The molecule has 1 aromatic heterocycles. The van der Waals surface area contributed by atoms with Crippen LogP contribution in [0.15, 0.2) is 49.1 Å². The Morgan fingerprint density at radius 2 is 2.10 bits per heavy atom. The number of ether oxygens (including phenoxy) is 2. The average Bonchev–Trinajstić information content (AvgIpc) is 3.45. The number of nitrogens with one attached hydrogen (secondary N) is 1. The first-order valence-corrected chi connectivity index (χ1v) is 10.4. The van der Waals surface area contributed by atoms with Crippen LogP contribution in [0.4, 0.5) is 5.69 Å². The van der Waals surface area contributed by atoms with Crippen LogP contribution in [0, 0.1) is 0 Å². The molecule has 2 aromatic carbocycles. The van der Waals surface area contributed by atoms with Crippen molar-refractivity contribution in [2.75, 3.05) is 32.6 Å². The van der Waals surface area contributed by atoms with Crippen LogP contribution < -0.4 is 14.8 Å². The second-order valence-electron chi connectivity index (χ2n) is 7.29. The van der Waals surface area contributed by atoms with Crippen molar-refractivity contribution in [3.63, 3.8) is 0 Å². The highest BCUT2D eigenvalue weighted by Crippen LogP contribution is 2.38. The van der Waals surface area contributed by atoms with Crippen LogP contribution in [0.25, 0.3) is 5.69 Å². The van der Waals surface area contributed by atoms with Gasteiger partial charge in [-0.25, -0.2) is 9.67 Å². The highest BCUT2D eigenvalue weighted by Gasteiger charge is 2.30. The molecule has 3 aromatic rings. The molecule has 0 radical (unpaired) electrons. The number of methoxy groups -OCH3 is 2. The van der Waals surface area contributed by atoms with Gasteiger partial charge in [-0.05, 0) is 43.7 Å². The van der Waals surface area contributed by atoms with Crippen LogP contribution in [0.1, 0.15) is 24.4 Å². The lowest BCUT2D eigenvalue weighted by Crippen LogP contribution is -2.33. The highest BCUT2D eigenvalue weighted by molar-refractivity contribution is 6.31. The van der Waals surface area contributed by atoms with Crippen LogP contribution in [-0.4, -0.2) is 52.9 Å². The fourth-order valence-electron chi connectivity index (χ4n) is 3.98. The van der Waals surface area contributed by atoms with Gasteiger partial charge in [-0.15, -0.1) is 0 Å². The number of amides is 1. The number of benzene rings is 2. The van der Waals surface area contributed by atoms with Crippen LogP contribution in [0.5, 0.6) is 11.5 Å². The number of rotatable bonds is 7. The van der Waals surface area contributed by atoms with Gasteiger partial charge in [-0.3, -0.25) is 9.69 Å². The molecule has 1 aliphatic rings. The molecular formula is C22H24ClN5O3. The Morgan fingerprint density at radius 3 is 2.84 bits per heavy atom. The number of carbonyl (C=O) groups excluding carboxylic acids is 1. The molecule has 0 spiro atoms. The van der Waals surface area contributed by atoms with Crippen molar-refractivity contribution in [3.8, 4) is 17.2 Å². The summed E-state index contributed by atoms with van der Waals surface area (Å²) in [7, 11) is 3.28. The van der Waals surface area contributed by atoms with Crippen LogP contribution in [0.2, 0.25) is 5.02 Å². The van der Waals surface area contributed by atoms with Gasteiger partial charge in [0.05, 0.1) is 32.1 Å². The molecule has 4 rings (SSSR count). The zero-order valence-electron chi connectivity index (χ0n) is 17.4. The molecule has 1 atom stereocenters. The molecule has 1 aliphatic heterocycles. The van der Waals surface area contributed by atoms with E-state index in [0.29, 0.717) is 16.4 Å². The average molecular weight is 442 g/mol. The van der Waals surface area contributed by atoms with Crippen molar-refractivity contribution < 1.29 is 14.3 Å². The third-order valence-corrected chi connectivity index (χ3v) is 5.64. The van der Waals surface area contributed by atoms with Gasteiger partial charge in [0.25, 0.3) is 0 Å². The van der Waals surface area contributed by atoms with Gasteiger partial charge in [0.15, 0.2) is 0 Å². The SMILES string of the molecule is COc1ccc([C@H]2CCCN2CC(=O)Nc2cc(Cl)ccc2-n2cncn2)c(OC)c1. The minimum atomic E-state index is -0.122. The molecule has 1 saturated heterocycles. The van der Waals surface area contributed by atoms with Gasteiger partial charge in [0, 0.05) is 22.7 Å². The van der Waals surface area contributed by atoms with Crippen molar-refractivity contribution in [3.05, 3.63) is 59.6 Å². The first kappa shape index (κ1) is 21.1. The van der Waals surface area contributed by atoms with E-state index in [1.807, 2.05) is 18.2 Å². The quantitative estimate of drug-likeness (QED) is 0.602. The molecule has 8 nitrogen and oxygen atoms in total. The minimum Gasteiger partial charge on any atom is -0.497 e. The van der Waals surface area contributed by atoms with Gasteiger partial charge in [0.1, 0.15) is 24.2 Å². The molecule has 1 N–H and O–H groups in total. The van der Waals surface area contributed by atoms with Gasteiger partial charge in [-0.2, -0.15) is 5.10 Å². The number of aromatic nitrogens is 3. The van der Waals surface area contributed by atoms with Crippen LogP contribution >= 0.6 is 11.6 Å². The summed E-state index contributed by atoms with van der Waals surface area (Å²) in [4.78, 5) is 19.1. The molecular weight excluding hydrogens is 418 g/mol. The lowest BCUT2D eigenvalue weighted by molar-refractivity contribution is -0.117. The van der Waals surface area contributed by atoms with E-state index in [1.165, 1.54) is 6.33 Å². The van der Waals surface area contributed by atoms with E-state index in [9.17, 15) is 4.79 Å². The van der Waals surface area contributed by atoms with E-state index in [0.717, 1.165) is 36.4 Å². The second-order valence-corrected chi connectivity index (χ2v) is 7.72. The topological polar surface area (TPSA) is 81.5 Å². The first-order valence-electron chi connectivity index (χ1n) is 9.99. The number of likely N-dealkylation sites (tertiary alicyclic amines) is 1. The molecule has 0 unspecified atom stereocenters. The second kappa shape index (κ2) is 9.36. The lowest BCUT2D eigenvalue weighted by atomic mass is 10.0. The van der Waals surface area contributed by atoms with E-state index in [2.05, 4.69) is 20.3 Å². The van der Waals surface area contributed by atoms with Crippen molar-refractivity contribution >= 4 is 23.2 Å². The van der Waals surface area contributed by atoms with E-state index >= 15 is 0 Å². The summed E-state index contributed by atoms with van der Waals surface area (Å²) in [5.74, 6) is 1.38. The number of hydrogen-bond acceptors (Lipinski definition) is 6. The lowest BCUT2D eigenvalue weighted by Gasteiger charge is -2.26. The third-order valence-electron chi connectivity index (χ3n) is 5.41. The molecule has 2 heterocycles. The number of nitrogens with zero attached hydrogens (tertiary/aromatic N) is 4. The minimum absolute atomic E-state index is 0.0979. The maximum atomic E-state index is 12.9. The maximum absolute atomic E-state index is 12.9. The molecule has 1 amide bonds. The van der Waals surface area contributed by atoms with E-state index in [4.69, 9.17) is 21.1 Å². The third kappa shape index (κ3) is 4.65. The predicted octanol–water partition coefficient (Wildman–Crippen LogP) is 3.71. The predicted molar refractivity (Wildman–Crippen MR) is 118 cm³/mol. The van der Waals surface area contributed by atoms with Crippen molar-refractivity contribution in [1.82, 2.24) is 19.7 Å². The summed E-state index contributed by atoms with van der Waals surface area (Å²) in [5, 5.41) is 7.66. The number of anilines is 1. The van der Waals surface area contributed by atoms with Crippen molar-refractivity contribution in [2.45, 2.75) is 18.9 Å². The molecule has 0 saturated carbocycles. The van der Waals surface area contributed by atoms with Crippen LogP contribution in [-0.2, 0) is 4.79 Å². The van der Waals surface area contributed by atoms with Gasteiger partial charge < -0.3 is 14.8 Å². The Labute approximate surface area is 185 Å². The molecule has 1 fully saturated rings. The fraction of sp³-hybridized carbons (Fsp3) is 0.318. The Bertz CT molecular complexity index is 1060. The number of halogens is 1. The Hall–Kier alpha value is -3.10. The summed E-state index contributed by atoms with van der Waals surface area (Å²) in [5.41, 5.74) is 2.34. The zero-order chi connectivity index (χ0) is 21.8. The first-order chi connectivity index (χ1) is 15.1. The fourth-order valence-corrected chi connectivity index (χ4v) is 4.15. The molecule has 31 heavy (non-hydrogen) atoms. The summed E-state index contributed by atoms with van der Waals surface area (Å²) in [6.45, 7) is 1.09. The normalized spacial score (nSPS) is 16.3. The van der Waals surface area contributed by atoms with E-state index < -0.39 is 0 Å². The largest absolute Gasteiger partial charge is 0.497 e. The molecule has 162 valence electrons. The van der Waals surface area contributed by atoms with E-state index in [-0.39, 0.29) is 18.5 Å². The summed E-state index contributed by atoms with van der Waals surface area (Å²) in [6, 6.07) is 11.2. The number of carbonyl (C=O) groups is 1. The van der Waals surface area contributed by atoms with Crippen molar-refractivity contribution in [2.24, 2.45) is 0 Å². The van der Waals surface area contributed by atoms with Gasteiger partial charge in [-0.1, -0.05) is 17.7 Å². The monoisotopic (exact) mass is 441 g/mol. The standard InChI is InChI=1S/C22H24ClN5O3/c1-30-16-6-7-17(21(11-16)31-2)19-4-3-9-27(19)12-22(29)26-18-10-15(23)5-8-20(18)28-14-24-13-25-28/h5-8,10-11,13-14,19H,3-4,9,12H2,1-2H3,(H,26,29)/t19-/m1/s1. The Kier molecular flexibility index (Phi) is 6.39. The summed E-state index contributed by atoms with van der Waals surface area (Å²) >= 11 is 6.16. The Morgan fingerprint density at radius 1 is 1.23 bits per heavy atom. The van der Waals surface area contributed by atoms with Crippen molar-refractivity contribution in [1.29, 1.82) is 0 Å². The zero-order valence-corrected chi connectivity index (χ0v) is 18.2. The Balaban J connectivity index is 1.51. The van der Waals surface area contributed by atoms with Crippen LogP contribution in [0.3, 0.4) is 0 Å². The van der Waals surface area contributed by atoms with Gasteiger partial charge in [0.2, 0.25) is 5.91 Å². The maximum Gasteiger partial charge on any atom is 0.238 e. The molecule has 0 bridgehead atoms. The summed E-state index contributed by atoms with van der Waals surface area (Å²) in [6.07, 6.45) is 4.98. The van der Waals surface area contributed by atoms with Gasteiger partial charge >= 0.3 is 0 Å². The molecule has 9 heteroatoms. The molecule has 0 aliphatic carbocycles.